The van der Waals surface area contributed by atoms with Gasteiger partial charge in [-0.2, -0.15) is 0 Å². The molecule has 4 aliphatic rings. The van der Waals surface area contributed by atoms with Gasteiger partial charge in [-0.25, -0.2) is 4.79 Å². The second kappa shape index (κ2) is 9.90. The van der Waals surface area contributed by atoms with E-state index in [1.54, 1.807) is 17.7 Å². The summed E-state index contributed by atoms with van der Waals surface area (Å²) in [6.45, 7) is 14.4. The van der Waals surface area contributed by atoms with Gasteiger partial charge in [0.05, 0.1) is 0 Å². The van der Waals surface area contributed by atoms with Crippen molar-refractivity contribution in [2.75, 3.05) is 0 Å². The van der Waals surface area contributed by atoms with Crippen LogP contribution >= 0.6 is 0 Å². The van der Waals surface area contributed by atoms with E-state index in [0.717, 1.165) is 48.3 Å². The first-order valence-electron chi connectivity index (χ1n) is 14.2. The van der Waals surface area contributed by atoms with Gasteiger partial charge in [0, 0.05) is 12.5 Å². The zero-order chi connectivity index (χ0) is 23.8. The molecule has 0 heterocycles. The molecule has 0 saturated heterocycles. The quantitative estimate of drug-likeness (QED) is 0.219. The number of allylic oxidation sites excluding steroid dienone is 2. The minimum absolute atomic E-state index is 0.0704. The summed E-state index contributed by atoms with van der Waals surface area (Å²) in [5, 5.41) is 0. The predicted octanol–water partition coefficient (Wildman–Crippen LogP) is 8.52. The molecular weight excluding hydrogens is 404 g/mol. The third-order valence-corrected chi connectivity index (χ3v) is 10.8. The third kappa shape index (κ3) is 4.74. The van der Waals surface area contributed by atoms with Crippen molar-refractivity contribution >= 4 is 5.97 Å². The topological polar surface area (TPSA) is 26.3 Å². The van der Waals surface area contributed by atoms with E-state index in [2.05, 4.69) is 40.7 Å². The predicted molar refractivity (Wildman–Crippen MR) is 138 cm³/mol. The Morgan fingerprint density at radius 3 is 2.61 bits per heavy atom. The highest BCUT2D eigenvalue weighted by atomic mass is 16.5. The van der Waals surface area contributed by atoms with Crippen LogP contribution in [0.15, 0.2) is 23.8 Å². The zero-order valence-corrected chi connectivity index (χ0v) is 22.4. The van der Waals surface area contributed by atoms with E-state index in [1.807, 2.05) is 6.92 Å². The van der Waals surface area contributed by atoms with Crippen molar-refractivity contribution in [1.29, 1.82) is 0 Å². The third-order valence-electron chi connectivity index (χ3n) is 10.8. The lowest BCUT2D eigenvalue weighted by Gasteiger charge is -2.58. The number of hydrogen-bond acceptors (Lipinski definition) is 2. The molecule has 0 aromatic carbocycles. The van der Waals surface area contributed by atoms with Gasteiger partial charge in [-0.05, 0) is 98.2 Å². The van der Waals surface area contributed by atoms with Crippen LogP contribution in [0.1, 0.15) is 112 Å². The van der Waals surface area contributed by atoms with Crippen LogP contribution in [-0.2, 0) is 9.53 Å². The normalized spacial score (nSPS) is 41.3. The van der Waals surface area contributed by atoms with Crippen molar-refractivity contribution in [3.63, 3.8) is 0 Å². The Morgan fingerprint density at radius 2 is 1.88 bits per heavy atom. The summed E-state index contributed by atoms with van der Waals surface area (Å²) in [6.07, 6.45) is 20.4. The maximum atomic E-state index is 12.0. The van der Waals surface area contributed by atoms with Gasteiger partial charge in [-0.3, -0.25) is 0 Å². The lowest BCUT2D eigenvalue weighted by atomic mass is 9.47. The molecule has 0 aromatic rings. The fourth-order valence-corrected chi connectivity index (χ4v) is 9.09. The lowest BCUT2D eigenvalue weighted by molar-refractivity contribution is -0.145. The van der Waals surface area contributed by atoms with Crippen molar-refractivity contribution in [3.05, 3.63) is 23.8 Å². The van der Waals surface area contributed by atoms with E-state index in [-0.39, 0.29) is 12.1 Å². The summed E-state index contributed by atoms with van der Waals surface area (Å²) in [5.41, 5.74) is 2.49. The van der Waals surface area contributed by atoms with Gasteiger partial charge in [0.15, 0.2) is 0 Å². The molecule has 4 rings (SSSR count). The number of fused-ring (bicyclic) bond motifs is 5. The molecule has 8 atom stereocenters. The van der Waals surface area contributed by atoms with Crippen LogP contribution in [0.4, 0.5) is 0 Å². The molecule has 186 valence electrons. The highest BCUT2D eigenvalue weighted by molar-refractivity contribution is 5.81. The van der Waals surface area contributed by atoms with Crippen LogP contribution < -0.4 is 0 Å². The first-order chi connectivity index (χ1) is 15.7. The summed E-state index contributed by atoms with van der Waals surface area (Å²) < 4.78 is 5.77. The maximum absolute atomic E-state index is 12.0. The van der Waals surface area contributed by atoms with Crippen molar-refractivity contribution in [2.24, 2.45) is 46.3 Å². The standard InChI is InChI=1S/C31H50O2/c1-7-9-29(32)33-24-16-18-30(5)23(20-24)12-13-25-27-15-14-26(22(4)11-8-10-21(2)3)31(27,6)19-17-28(25)30/h7,9,12,21-22,24-28H,8,10-11,13-20H2,1-6H3/t22-,24?,25?,26-,27?,28?,30+,31-/m1/s1. The Bertz CT molecular complexity index is 763. The number of carbonyl (C=O) groups excluding carboxylic acids is 1. The van der Waals surface area contributed by atoms with Gasteiger partial charge in [0.2, 0.25) is 0 Å². The van der Waals surface area contributed by atoms with Gasteiger partial charge in [-0.15, -0.1) is 0 Å². The first kappa shape index (κ1) is 25.1. The molecule has 3 fully saturated rings. The average molecular weight is 455 g/mol. The molecule has 33 heavy (non-hydrogen) atoms. The minimum Gasteiger partial charge on any atom is -0.459 e. The second-order valence-electron chi connectivity index (χ2n) is 13.1. The van der Waals surface area contributed by atoms with Crippen molar-refractivity contribution in [3.8, 4) is 0 Å². The first-order valence-corrected chi connectivity index (χ1v) is 14.2. The molecular formula is C31H50O2. The van der Waals surface area contributed by atoms with Gasteiger partial charge >= 0.3 is 5.97 Å². The van der Waals surface area contributed by atoms with Crippen molar-refractivity contribution in [1.82, 2.24) is 0 Å². The second-order valence-corrected chi connectivity index (χ2v) is 13.1. The molecule has 4 aliphatic carbocycles. The van der Waals surface area contributed by atoms with Gasteiger partial charge in [0.1, 0.15) is 6.10 Å². The SMILES string of the molecule is CC=CC(=O)OC1CC[C@@]2(C)C(=CCC3C2CC[C@@]2(C)C3CC[C@@H]2[C@H](C)CCCC(C)C)C1. The molecule has 0 aliphatic heterocycles. The zero-order valence-electron chi connectivity index (χ0n) is 22.4. The summed E-state index contributed by atoms with van der Waals surface area (Å²) in [7, 11) is 0. The summed E-state index contributed by atoms with van der Waals surface area (Å²) >= 11 is 0. The average Bonchev–Trinajstić information content (AvgIpc) is 3.11. The molecule has 2 heteroatoms. The van der Waals surface area contributed by atoms with E-state index in [4.69, 9.17) is 4.74 Å². The number of esters is 1. The molecule has 0 amide bonds. The van der Waals surface area contributed by atoms with E-state index < -0.39 is 0 Å². The fourth-order valence-electron chi connectivity index (χ4n) is 9.09. The summed E-state index contributed by atoms with van der Waals surface area (Å²) in [4.78, 5) is 12.0. The summed E-state index contributed by atoms with van der Waals surface area (Å²) in [6, 6.07) is 0. The largest absolute Gasteiger partial charge is 0.459 e. The number of ether oxygens (including phenoxy) is 1. The lowest BCUT2D eigenvalue weighted by Crippen LogP contribution is -2.51. The van der Waals surface area contributed by atoms with Crippen molar-refractivity contribution in [2.45, 2.75) is 118 Å². The highest BCUT2D eigenvalue weighted by Crippen LogP contribution is 2.67. The fraction of sp³-hybridized carbons (Fsp3) is 0.839. The maximum Gasteiger partial charge on any atom is 0.330 e. The molecule has 0 aromatic heterocycles. The Hall–Kier alpha value is -1.05. The molecule has 0 N–H and O–H groups in total. The molecule has 4 unspecified atom stereocenters. The highest BCUT2D eigenvalue weighted by Gasteiger charge is 2.59. The molecule has 0 bridgehead atoms. The van der Waals surface area contributed by atoms with Crippen LogP contribution in [-0.4, -0.2) is 12.1 Å². The van der Waals surface area contributed by atoms with E-state index in [0.29, 0.717) is 10.8 Å². The van der Waals surface area contributed by atoms with Crippen LogP contribution in [0.2, 0.25) is 0 Å². The van der Waals surface area contributed by atoms with Crippen molar-refractivity contribution < 1.29 is 9.53 Å². The van der Waals surface area contributed by atoms with Gasteiger partial charge in [-0.1, -0.05) is 71.6 Å². The number of hydrogen-bond donors (Lipinski definition) is 0. The van der Waals surface area contributed by atoms with Gasteiger partial charge < -0.3 is 4.74 Å². The minimum atomic E-state index is -0.173. The van der Waals surface area contributed by atoms with Gasteiger partial charge in [0.25, 0.3) is 0 Å². The Balaban J connectivity index is 1.44. The van der Waals surface area contributed by atoms with Crippen LogP contribution in [0, 0.1) is 46.3 Å². The Labute approximate surface area is 204 Å². The molecule has 0 radical (unpaired) electrons. The summed E-state index contributed by atoms with van der Waals surface area (Å²) in [5.74, 6) is 5.08. The van der Waals surface area contributed by atoms with Crippen LogP contribution in [0.25, 0.3) is 0 Å². The van der Waals surface area contributed by atoms with E-state index >= 15 is 0 Å². The smallest absolute Gasteiger partial charge is 0.330 e. The van der Waals surface area contributed by atoms with E-state index in [9.17, 15) is 4.79 Å². The van der Waals surface area contributed by atoms with Crippen LogP contribution in [0.5, 0.6) is 0 Å². The molecule has 2 nitrogen and oxygen atoms in total. The monoisotopic (exact) mass is 454 g/mol. The number of carbonyl (C=O) groups is 1. The molecule has 0 spiro atoms. The Kier molecular flexibility index (Phi) is 7.52. The number of rotatable bonds is 7. The molecule has 3 saturated carbocycles. The van der Waals surface area contributed by atoms with E-state index in [1.165, 1.54) is 57.8 Å². The van der Waals surface area contributed by atoms with Crippen LogP contribution in [0.3, 0.4) is 0 Å². The Morgan fingerprint density at radius 1 is 1.09 bits per heavy atom.